The largest absolute Gasteiger partial charge is 0.477 e. The van der Waals surface area contributed by atoms with Gasteiger partial charge in [-0.2, -0.15) is 5.26 Å². The Labute approximate surface area is 171 Å². The lowest BCUT2D eigenvalue weighted by Crippen LogP contribution is -2.24. The Balaban J connectivity index is 2.25. The van der Waals surface area contributed by atoms with Crippen molar-refractivity contribution >= 4 is 5.97 Å². The number of pyridine rings is 1. The molecule has 7 heteroatoms. The number of nitrogens with zero attached hydrogens (tertiary/aromatic N) is 2. The predicted molar refractivity (Wildman–Crippen MR) is 108 cm³/mol. The van der Waals surface area contributed by atoms with E-state index in [2.05, 4.69) is 0 Å². The van der Waals surface area contributed by atoms with Crippen LogP contribution in [0, 0.1) is 18.3 Å². The molecule has 0 saturated heterocycles. The molecule has 1 aromatic heterocycles. The van der Waals surface area contributed by atoms with Gasteiger partial charge in [-0.25, -0.2) is 13.6 Å². The molecule has 0 aliphatic rings. The summed E-state index contributed by atoms with van der Waals surface area (Å²) in [4.78, 5) is 24.6. The topological polar surface area (TPSA) is 83.1 Å². The number of nitriles is 1. The van der Waals surface area contributed by atoms with Gasteiger partial charge in [0.1, 0.15) is 5.56 Å². The summed E-state index contributed by atoms with van der Waals surface area (Å²) in [5.41, 5.74) is 0.611. The van der Waals surface area contributed by atoms with Gasteiger partial charge in [0.2, 0.25) is 5.43 Å². The van der Waals surface area contributed by atoms with E-state index in [-0.39, 0.29) is 22.7 Å². The molecule has 0 fully saturated rings. The van der Waals surface area contributed by atoms with E-state index in [1.807, 2.05) is 13.0 Å². The maximum Gasteiger partial charge on any atom is 0.341 e. The molecule has 1 heterocycles. The second-order valence-corrected chi connectivity index (χ2v) is 6.88. The summed E-state index contributed by atoms with van der Waals surface area (Å²) < 4.78 is 28.0. The number of carboxylic acids is 1. The first-order valence-corrected chi connectivity index (χ1v) is 9.12. The van der Waals surface area contributed by atoms with E-state index in [0.29, 0.717) is 11.3 Å². The summed E-state index contributed by atoms with van der Waals surface area (Å²) in [6.07, 6.45) is -1.45. The summed E-state index contributed by atoms with van der Waals surface area (Å²) in [5, 5.41) is 18.5. The number of carboxylic acid groups (broad SMARTS) is 1. The van der Waals surface area contributed by atoms with Crippen LogP contribution in [0.3, 0.4) is 0 Å². The minimum absolute atomic E-state index is 0.0675. The van der Waals surface area contributed by atoms with Gasteiger partial charge in [0.25, 0.3) is 6.43 Å². The van der Waals surface area contributed by atoms with Crippen LogP contribution in [-0.2, 0) is 0 Å². The normalized spacial score (nSPS) is 11.9. The average Bonchev–Trinajstić information content (AvgIpc) is 2.73. The fourth-order valence-electron chi connectivity index (χ4n) is 3.44. The highest BCUT2D eigenvalue weighted by Crippen LogP contribution is 2.29. The van der Waals surface area contributed by atoms with Gasteiger partial charge in [-0.3, -0.25) is 4.79 Å². The number of hydrogen-bond donors (Lipinski definition) is 1. The molecule has 0 radical (unpaired) electrons. The van der Waals surface area contributed by atoms with E-state index >= 15 is 0 Å². The van der Waals surface area contributed by atoms with Crippen molar-refractivity contribution in [2.45, 2.75) is 26.3 Å². The number of alkyl halides is 2. The van der Waals surface area contributed by atoms with Crippen molar-refractivity contribution in [3.63, 3.8) is 0 Å². The minimum atomic E-state index is -2.72. The number of aromatic nitrogens is 1. The Bertz CT molecular complexity index is 1210. The number of halogens is 2. The van der Waals surface area contributed by atoms with Crippen LogP contribution < -0.4 is 5.43 Å². The van der Waals surface area contributed by atoms with Crippen LogP contribution in [0.25, 0.3) is 11.1 Å². The van der Waals surface area contributed by atoms with Crippen molar-refractivity contribution < 1.29 is 18.7 Å². The lowest BCUT2D eigenvalue weighted by Gasteiger charge is -2.23. The molecule has 5 nitrogen and oxygen atoms in total. The van der Waals surface area contributed by atoms with Crippen LogP contribution in [-0.4, -0.2) is 15.6 Å². The number of rotatable bonds is 5. The van der Waals surface area contributed by atoms with Crippen LogP contribution in [0.1, 0.15) is 52.1 Å². The number of carbonyl (C=O) groups is 1. The standard InChI is InChI=1S/C23H18F2N2O3/c1-13(16-8-6-15(11-26)7-9-16)27-12-19(23(29)30)21(28)20(14(27)2)17-4-3-5-18(10-17)22(24)25/h3-10,12-13,22H,1-2H3,(H,29,30). The number of benzene rings is 2. The van der Waals surface area contributed by atoms with Crippen molar-refractivity contribution in [3.05, 3.63) is 92.9 Å². The molecule has 0 amide bonds. The lowest BCUT2D eigenvalue weighted by molar-refractivity contribution is 0.0694. The van der Waals surface area contributed by atoms with E-state index in [9.17, 15) is 23.5 Å². The van der Waals surface area contributed by atoms with E-state index < -0.39 is 23.4 Å². The summed E-state index contributed by atoms with van der Waals surface area (Å²) >= 11 is 0. The molecule has 0 saturated carbocycles. The Morgan fingerprint density at radius 2 is 1.80 bits per heavy atom. The van der Waals surface area contributed by atoms with E-state index in [1.54, 1.807) is 35.8 Å². The Hall–Kier alpha value is -3.79. The smallest absolute Gasteiger partial charge is 0.341 e. The third-order valence-corrected chi connectivity index (χ3v) is 5.09. The molecule has 0 bridgehead atoms. The molecule has 0 aliphatic carbocycles. The van der Waals surface area contributed by atoms with Crippen molar-refractivity contribution in [3.8, 4) is 17.2 Å². The second-order valence-electron chi connectivity index (χ2n) is 6.88. The highest BCUT2D eigenvalue weighted by atomic mass is 19.3. The van der Waals surface area contributed by atoms with Gasteiger partial charge >= 0.3 is 5.97 Å². The van der Waals surface area contributed by atoms with Gasteiger partial charge in [-0.15, -0.1) is 0 Å². The van der Waals surface area contributed by atoms with E-state index in [4.69, 9.17) is 5.26 Å². The molecular formula is C23H18F2N2O3. The maximum atomic E-state index is 13.2. The monoisotopic (exact) mass is 408 g/mol. The molecular weight excluding hydrogens is 390 g/mol. The molecule has 3 aromatic rings. The summed E-state index contributed by atoms with van der Waals surface area (Å²) in [7, 11) is 0. The van der Waals surface area contributed by atoms with E-state index in [0.717, 1.165) is 5.56 Å². The zero-order valence-electron chi connectivity index (χ0n) is 16.3. The fraction of sp³-hybridized carbons (Fsp3) is 0.174. The van der Waals surface area contributed by atoms with Gasteiger partial charge in [0.15, 0.2) is 0 Å². The first-order valence-electron chi connectivity index (χ1n) is 9.12. The Morgan fingerprint density at radius 3 is 2.37 bits per heavy atom. The summed E-state index contributed by atoms with van der Waals surface area (Å²) in [5.74, 6) is -1.40. The molecule has 1 atom stereocenters. The fourth-order valence-corrected chi connectivity index (χ4v) is 3.44. The first kappa shape index (κ1) is 20.9. The highest BCUT2D eigenvalue weighted by molar-refractivity contribution is 5.89. The lowest BCUT2D eigenvalue weighted by atomic mass is 9.98. The first-order chi connectivity index (χ1) is 14.2. The molecule has 0 aliphatic heterocycles. The van der Waals surface area contributed by atoms with Crippen molar-refractivity contribution in [2.24, 2.45) is 0 Å². The Kier molecular flexibility index (Phi) is 5.79. The molecule has 3 rings (SSSR count). The minimum Gasteiger partial charge on any atom is -0.477 e. The van der Waals surface area contributed by atoms with Crippen LogP contribution in [0.5, 0.6) is 0 Å². The van der Waals surface area contributed by atoms with Crippen LogP contribution in [0.15, 0.2) is 59.5 Å². The molecule has 0 spiro atoms. The molecule has 1 unspecified atom stereocenters. The quantitative estimate of drug-likeness (QED) is 0.648. The van der Waals surface area contributed by atoms with Crippen LogP contribution in [0.2, 0.25) is 0 Å². The molecule has 2 aromatic carbocycles. The van der Waals surface area contributed by atoms with Crippen LogP contribution >= 0.6 is 0 Å². The van der Waals surface area contributed by atoms with Crippen LogP contribution in [0.4, 0.5) is 8.78 Å². The second kappa shape index (κ2) is 8.29. The van der Waals surface area contributed by atoms with Gasteiger partial charge in [-0.1, -0.05) is 30.3 Å². The third kappa shape index (κ3) is 3.85. The summed E-state index contributed by atoms with van der Waals surface area (Å²) in [6, 6.07) is 13.8. The van der Waals surface area contributed by atoms with E-state index in [1.165, 1.54) is 30.5 Å². The molecule has 1 N–H and O–H groups in total. The number of hydrogen-bond acceptors (Lipinski definition) is 3. The average molecular weight is 408 g/mol. The molecule has 30 heavy (non-hydrogen) atoms. The van der Waals surface area contributed by atoms with Gasteiger partial charge in [-0.05, 0) is 43.2 Å². The number of aromatic carboxylic acids is 1. The van der Waals surface area contributed by atoms with Gasteiger partial charge in [0.05, 0.1) is 17.7 Å². The zero-order valence-corrected chi connectivity index (χ0v) is 16.3. The van der Waals surface area contributed by atoms with Crippen molar-refractivity contribution in [1.29, 1.82) is 5.26 Å². The van der Waals surface area contributed by atoms with Gasteiger partial charge in [0, 0.05) is 23.0 Å². The zero-order chi connectivity index (χ0) is 22.0. The molecule has 152 valence electrons. The third-order valence-electron chi connectivity index (χ3n) is 5.09. The maximum absolute atomic E-state index is 13.2. The van der Waals surface area contributed by atoms with Crippen molar-refractivity contribution in [2.75, 3.05) is 0 Å². The summed E-state index contributed by atoms with van der Waals surface area (Å²) in [6.45, 7) is 3.47. The Morgan fingerprint density at radius 1 is 1.13 bits per heavy atom. The highest BCUT2D eigenvalue weighted by Gasteiger charge is 2.22. The van der Waals surface area contributed by atoms with Crippen molar-refractivity contribution in [1.82, 2.24) is 4.57 Å². The SMILES string of the molecule is Cc1c(-c2cccc(C(F)F)c2)c(=O)c(C(=O)O)cn1C(C)c1ccc(C#N)cc1. The predicted octanol–water partition coefficient (Wildman–Crippen LogP) is 4.94. The van der Waals surface area contributed by atoms with Gasteiger partial charge < -0.3 is 9.67 Å².